The first-order valence-corrected chi connectivity index (χ1v) is 10.4. The van der Waals surface area contributed by atoms with Crippen LogP contribution in [-0.2, 0) is 0 Å². The van der Waals surface area contributed by atoms with Gasteiger partial charge in [0.05, 0.1) is 10.6 Å². The molecule has 1 aliphatic rings. The summed E-state index contributed by atoms with van der Waals surface area (Å²) < 4.78 is 0. The zero-order valence-corrected chi connectivity index (χ0v) is 17.1. The van der Waals surface area contributed by atoms with Gasteiger partial charge in [-0.05, 0) is 25.0 Å². The second kappa shape index (κ2) is 9.09. The van der Waals surface area contributed by atoms with Gasteiger partial charge in [-0.3, -0.25) is 10.1 Å². The Kier molecular flexibility index (Phi) is 6.09. The Morgan fingerprint density at radius 1 is 1.00 bits per heavy atom. The molecule has 0 aliphatic heterocycles. The minimum absolute atomic E-state index is 0.0685. The quantitative estimate of drug-likeness (QED) is 0.362. The van der Waals surface area contributed by atoms with Crippen LogP contribution in [0.1, 0.15) is 32.1 Å². The number of hydrogen-bond donors (Lipinski definition) is 2. The predicted molar refractivity (Wildman–Crippen MR) is 119 cm³/mol. The number of anilines is 3. The van der Waals surface area contributed by atoms with Gasteiger partial charge in [0.25, 0.3) is 5.69 Å². The van der Waals surface area contributed by atoms with Crippen molar-refractivity contribution >= 4 is 34.7 Å². The van der Waals surface area contributed by atoms with Crippen LogP contribution in [0.15, 0.2) is 54.6 Å². The van der Waals surface area contributed by atoms with Crippen molar-refractivity contribution < 1.29 is 4.92 Å². The van der Waals surface area contributed by atoms with Crippen molar-refractivity contribution in [3.8, 4) is 11.3 Å². The van der Waals surface area contributed by atoms with Gasteiger partial charge in [0.1, 0.15) is 11.5 Å². The molecule has 0 atom stereocenters. The zero-order valence-electron chi connectivity index (χ0n) is 16.3. The fourth-order valence-electron chi connectivity index (χ4n) is 3.67. The molecular weight excluding hydrogens is 402 g/mol. The van der Waals surface area contributed by atoms with E-state index in [1.54, 1.807) is 6.07 Å². The first-order chi connectivity index (χ1) is 14.6. The second-order valence-corrected chi connectivity index (χ2v) is 7.79. The number of nitro benzene ring substituents is 1. The number of rotatable bonds is 6. The number of halogens is 1. The second-order valence-electron chi connectivity index (χ2n) is 7.35. The van der Waals surface area contributed by atoms with Gasteiger partial charge >= 0.3 is 0 Å². The van der Waals surface area contributed by atoms with E-state index < -0.39 is 4.92 Å². The molecule has 1 aromatic heterocycles. The minimum Gasteiger partial charge on any atom is -0.351 e. The first-order valence-electron chi connectivity index (χ1n) is 10.0. The third-order valence-corrected chi connectivity index (χ3v) is 5.39. The molecule has 154 valence electrons. The maximum Gasteiger partial charge on any atom is 0.292 e. The molecule has 7 nitrogen and oxygen atoms in total. The summed E-state index contributed by atoms with van der Waals surface area (Å²) in [6.07, 6.45) is 5.81. The smallest absolute Gasteiger partial charge is 0.292 e. The number of hydrogen-bond acceptors (Lipinski definition) is 6. The lowest BCUT2D eigenvalue weighted by molar-refractivity contribution is -0.383. The van der Waals surface area contributed by atoms with Gasteiger partial charge in [0, 0.05) is 28.8 Å². The van der Waals surface area contributed by atoms with E-state index >= 15 is 0 Å². The van der Waals surface area contributed by atoms with Gasteiger partial charge in [0.15, 0.2) is 0 Å². The number of benzene rings is 2. The van der Waals surface area contributed by atoms with Crippen LogP contribution in [0.3, 0.4) is 0 Å². The lowest BCUT2D eigenvalue weighted by atomic mass is 9.96. The van der Waals surface area contributed by atoms with Crippen LogP contribution in [0.25, 0.3) is 11.3 Å². The number of aromatic nitrogens is 2. The Morgan fingerprint density at radius 3 is 2.50 bits per heavy atom. The van der Waals surface area contributed by atoms with Crippen LogP contribution >= 0.6 is 11.6 Å². The molecule has 3 aromatic rings. The zero-order chi connectivity index (χ0) is 20.9. The maximum atomic E-state index is 11.4. The molecule has 1 heterocycles. The molecule has 4 rings (SSSR count). The number of nitrogens with zero attached hydrogens (tertiary/aromatic N) is 3. The van der Waals surface area contributed by atoms with Gasteiger partial charge in [-0.25, -0.2) is 4.98 Å². The summed E-state index contributed by atoms with van der Waals surface area (Å²) in [5, 5.41) is 18.3. The third kappa shape index (κ3) is 4.86. The van der Waals surface area contributed by atoms with E-state index in [0.29, 0.717) is 22.8 Å². The summed E-state index contributed by atoms with van der Waals surface area (Å²) >= 11 is 6.07. The van der Waals surface area contributed by atoms with Crippen LogP contribution in [0.5, 0.6) is 0 Å². The van der Waals surface area contributed by atoms with Gasteiger partial charge in [-0.2, -0.15) is 4.98 Å². The maximum absolute atomic E-state index is 11.4. The van der Waals surface area contributed by atoms with Gasteiger partial charge < -0.3 is 10.6 Å². The van der Waals surface area contributed by atoms with Crippen molar-refractivity contribution in [2.75, 3.05) is 10.6 Å². The summed E-state index contributed by atoms with van der Waals surface area (Å²) in [5.41, 5.74) is 1.89. The Bertz CT molecular complexity index is 1040. The molecule has 0 bridgehead atoms. The van der Waals surface area contributed by atoms with Crippen LogP contribution in [-0.4, -0.2) is 20.9 Å². The summed E-state index contributed by atoms with van der Waals surface area (Å²) in [6, 6.07) is 16.3. The van der Waals surface area contributed by atoms with E-state index in [2.05, 4.69) is 15.6 Å². The Hall–Kier alpha value is -3.19. The topological polar surface area (TPSA) is 93.0 Å². The molecule has 0 amide bonds. The molecule has 0 unspecified atom stereocenters. The summed E-state index contributed by atoms with van der Waals surface area (Å²) in [4.78, 5) is 20.2. The SMILES string of the molecule is O=[N+]([O-])c1ccc(Cl)cc1Nc1cc(-c2ccccc2)nc(NC2CCCCC2)n1. The molecule has 1 fully saturated rings. The highest BCUT2D eigenvalue weighted by atomic mass is 35.5. The van der Waals surface area contributed by atoms with E-state index in [-0.39, 0.29) is 11.4 Å². The third-order valence-electron chi connectivity index (χ3n) is 5.15. The Balaban J connectivity index is 1.70. The van der Waals surface area contributed by atoms with Crippen molar-refractivity contribution in [2.45, 2.75) is 38.1 Å². The lowest BCUT2D eigenvalue weighted by Crippen LogP contribution is -2.23. The predicted octanol–water partition coefficient (Wildman–Crippen LogP) is 6.19. The normalized spacial score (nSPS) is 14.3. The highest BCUT2D eigenvalue weighted by Gasteiger charge is 2.18. The summed E-state index contributed by atoms with van der Waals surface area (Å²) in [5.74, 6) is 0.975. The fraction of sp³-hybridized carbons (Fsp3) is 0.273. The van der Waals surface area contributed by atoms with E-state index in [1.165, 1.54) is 37.5 Å². The molecule has 2 aromatic carbocycles. The largest absolute Gasteiger partial charge is 0.351 e. The molecule has 0 spiro atoms. The monoisotopic (exact) mass is 423 g/mol. The Labute approximate surface area is 179 Å². The van der Waals surface area contributed by atoms with Gasteiger partial charge in [-0.15, -0.1) is 0 Å². The van der Waals surface area contributed by atoms with E-state index in [1.807, 2.05) is 30.3 Å². The number of nitro groups is 1. The summed E-state index contributed by atoms with van der Waals surface area (Å²) in [7, 11) is 0. The van der Waals surface area contributed by atoms with E-state index in [9.17, 15) is 10.1 Å². The van der Waals surface area contributed by atoms with E-state index in [0.717, 1.165) is 24.1 Å². The average Bonchev–Trinajstić information content (AvgIpc) is 2.75. The first kappa shape index (κ1) is 20.1. The average molecular weight is 424 g/mol. The van der Waals surface area contributed by atoms with Crippen molar-refractivity contribution in [2.24, 2.45) is 0 Å². The van der Waals surface area contributed by atoms with Crippen molar-refractivity contribution in [3.63, 3.8) is 0 Å². The molecular formula is C22H22ClN5O2. The van der Waals surface area contributed by atoms with E-state index in [4.69, 9.17) is 16.6 Å². The minimum atomic E-state index is -0.445. The van der Waals surface area contributed by atoms with Crippen molar-refractivity contribution in [1.29, 1.82) is 0 Å². The lowest BCUT2D eigenvalue weighted by Gasteiger charge is -2.23. The van der Waals surface area contributed by atoms with Crippen LogP contribution < -0.4 is 10.6 Å². The Morgan fingerprint density at radius 2 is 1.77 bits per heavy atom. The summed E-state index contributed by atoms with van der Waals surface area (Å²) in [6.45, 7) is 0. The van der Waals surface area contributed by atoms with Crippen LogP contribution in [0.2, 0.25) is 5.02 Å². The van der Waals surface area contributed by atoms with Gasteiger partial charge in [-0.1, -0.05) is 61.2 Å². The fourth-order valence-corrected chi connectivity index (χ4v) is 3.84. The van der Waals surface area contributed by atoms with Crippen LogP contribution in [0.4, 0.5) is 23.1 Å². The van der Waals surface area contributed by atoms with Gasteiger partial charge in [0.2, 0.25) is 5.95 Å². The van der Waals surface area contributed by atoms with Crippen molar-refractivity contribution in [1.82, 2.24) is 9.97 Å². The molecule has 8 heteroatoms. The molecule has 0 radical (unpaired) electrons. The molecule has 2 N–H and O–H groups in total. The molecule has 1 saturated carbocycles. The molecule has 30 heavy (non-hydrogen) atoms. The molecule has 1 aliphatic carbocycles. The highest BCUT2D eigenvalue weighted by Crippen LogP contribution is 2.32. The van der Waals surface area contributed by atoms with Crippen molar-refractivity contribution in [3.05, 3.63) is 69.7 Å². The van der Waals surface area contributed by atoms with Crippen LogP contribution in [0, 0.1) is 10.1 Å². The standard InChI is InChI=1S/C22H22ClN5O2/c23-16-11-12-20(28(29)30)19(13-16)25-21-14-18(15-7-3-1-4-8-15)26-22(27-21)24-17-9-5-2-6-10-17/h1,3-4,7-8,11-14,17H,2,5-6,9-10H2,(H2,24,25,26,27). The highest BCUT2D eigenvalue weighted by molar-refractivity contribution is 6.31. The number of nitrogens with one attached hydrogen (secondary N) is 2. The molecule has 0 saturated heterocycles.